The van der Waals surface area contributed by atoms with E-state index in [4.69, 9.17) is 11.6 Å². The third-order valence-corrected chi connectivity index (χ3v) is 4.75. The molecule has 0 amide bonds. The third kappa shape index (κ3) is 2.73. The van der Waals surface area contributed by atoms with Crippen LogP contribution in [0.1, 0.15) is 5.56 Å². The normalized spacial score (nSPS) is 11.3. The zero-order valence-corrected chi connectivity index (χ0v) is 15.3. The molecule has 0 N–H and O–H groups in total. The van der Waals surface area contributed by atoms with Gasteiger partial charge in [-0.05, 0) is 29.8 Å². The molecule has 0 aliphatic carbocycles. The number of hydrogen-bond donors (Lipinski definition) is 0. The van der Waals surface area contributed by atoms with Crippen molar-refractivity contribution in [3.63, 3.8) is 0 Å². The predicted octanol–water partition coefficient (Wildman–Crippen LogP) is 3.20. The maximum Gasteiger partial charge on any atom is 0.262 e. The molecule has 0 saturated heterocycles. The lowest BCUT2D eigenvalue weighted by atomic mass is 10.1. The van der Waals surface area contributed by atoms with Crippen molar-refractivity contribution in [1.82, 2.24) is 29.1 Å². The Hall–Kier alpha value is -3.58. The summed E-state index contributed by atoms with van der Waals surface area (Å²) in [4.78, 5) is 26.2. The quantitative estimate of drug-likeness (QED) is 0.474. The number of nitrogens with zero attached hydrogens (tertiary/aromatic N) is 6. The first-order valence-corrected chi connectivity index (χ1v) is 8.96. The summed E-state index contributed by atoms with van der Waals surface area (Å²) in [5.41, 5.74) is 2.71. The second-order valence-corrected chi connectivity index (χ2v) is 6.75. The lowest BCUT2D eigenvalue weighted by molar-refractivity contribution is 0.763. The second-order valence-electron chi connectivity index (χ2n) is 6.31. The Labute approximate surface area is 163 Å². The van der Waals surface area contributed by atoms with E-state index in [1.807, 2.05) is 30.3 Å². The molecular formula is C20H13ClN6O. The van der Waals surface area contributed by atoms with E-state index >= 15 is 0 Å². The van der Waals surface area contributed by atoms with Gasteiger partial charge in [0.2, 0.25) is 0 Å². The molecule has 0 spiro atoms. The first-order chi connectivity index (χ1) is 13.7. The molecule has 4 aromatic heterocycles. The summed E-state index contributed by atoms with van der Waals surface area (Å²) in [7, 11) is 0. The molecule has 0 atom stereocenters. The highest BCUT2D eigenvalue weighted by molar-refractivity contribution is 6.30. The SMILES string of the molecule is O=c1c2c(-c3cccc(Cl)c3)n3ncnc3nc2ccn1Cc1cccnc1. The van der Waals surface area contributed by atoms with Crippen LogP contribution in [-0.4, -0.2) is 29.1 Å². The molecule has 0 aliphatic rings. The minimum absolute atomic E-state index is 0.166. The zero-order chi connectivity index (χ0) is 19.1. The highest BCUT2D eigenvalue weighted by atomic mass is 35.5. The molecule has 0 bridgehead atoms. The highest BCUT2D eigenvalue weighted by Crippen LogP contribution is 2.27. The van der Waals surface area contributed by atoms with E-state index in [0.717, 1.165) is 11.1 Å². The van der Waals surface area contributed by atoms with E-state index in [9.17, 15) is 4.79 Å². The van der Waals surface area contributed by atoms with Gasteiger partial charge in [0.15, 0.2) is 0 Å². The van der Waals surface area contributed by atoms with Gasteiger partial charge in [-0.1, -0.05) is 29.8 Å². The number of fused-ring (bicyclic) bond motifs is 2. The third-order valence-electron chi connectivity index (χ3n) is 4.52. The Morgan fingerprint density at radius 2 is 2.04 bits per heavy atom. The Kier molecular flexibility index (Phi) is 3.87. The van der Waals surface area contributed by atoms with Crippen LogP contribution in [0.25, 0.3) is 27.9 Å². The van der Waals surface area contributed by atoms with Gasteiger partial charge in [0.25, 0.3) is 11.3 Å². The lowest BCUT2D eigenvalue weighted by Gasteiger charge is -2.11. The molecular weight excluding hydrogens is 376 g/mol. The molecule has 0 radical (unpaired) electrons. The standard InChI is InChI=1S/C20H13ClN6O/c21-15-5-1-4-14(9-15)18-17-16(25-20-23-12-24-27(18)20)6-8-26(19(17)28)11-13-3-2-7-22-10-13/h1-10,12H,11H2. The first-order valence-electron chi connectivity index (χ1n) is 8.58. The van der Waals surface area contributed by atoms with Crippen LogP contribution < -0.4 is 5.56 Å². The first kappa shape index (κ1) is 16.6. The average molecular weight is 389 g/mol. The molecule has 5 aromatic rings. The van der Waals surface area contributed by atoms with Crippen molar-refractivity contribution in [1.29, 1.82) is 0 Å². The summed E-state index contributed by atoms with van der Waals surface area (Å²) < 4.78 is 3.21. The molecule has 7 nitrogen and oxygen atoms in total. The van der Waals surface area contributed by atoms with Crippen molar-refractivity contribution in [2.75, 3.05) is 0 Å². The number of hydrogen-bond acceptors (Lipinski definition) is 5. The topological polar surface area (TPSA) is 78.0 Å². The van der Waals surface area contributed by atoms with E-state index < -0.39 is 0 Å². The van der Waals surface area contributed by atoms with Gasteiger partial charge in [-0.2, -0.15) is 14.6 Å². The van der Waals surface area contributed by atoms with Crippen LogP contribution in [-0.2, 0) is 6.54 Å². The molecule has 0 aliphatic heterocycles. The predicted molar refractivity (Wildman–Crippen MR) is 106 cm³/mol. The maximum atomic E-state index is 13.4. The summed E-state index contributed by atoms with van der Waals surface area (Å²) in [6.07, 6.45) is 6.60. The van der Waals surface area contributed by atoms with Gasteiger partial charge in [0.1, 0.15) is 6.33 Å². The lowest BCUT2D eigenvalue weighted by Crippen LogP contribution is -2.22. The van der Waals surface area contributed by atoms with Gasteiger partial charge in [-0.3, -0.25) is 9.78 Å². The minimum atomic E-state index is -0.166. The van der Waals surface area contributed by atoms with Crippen molar-refractivity contribution in [2.45, 2.75) is 6.54 Å². The van der Waals surface area contributed by atoms with Crippen LogP contribution in [0, 0.1) is 0 Å². The molecule has 0 unspecified atom stereocenters. The Morgan fingerprint density at radius 3 is 2.86 bits per heavy atom. The highest BCUT2D eigenvalue weighted by Gasteiger charge is 2.17. The Morgan fingerprint density at radius 1 is 1.11 bits per heavy atom. The average Bonchev–Trinajstić information content (AvgIpc) is 3.17. The smallest absolute Gasteiger partial charge is 0.262 e. The summed E-state index contributed by atoms with van der Waals surface area (Å²) in [6, 6.07) is 12.9. The number of aromatic nitrogens is 6. The molecule has 0 fully saturated rings. The molecule has 136 valence electrons. The summed E-state index contributed by atoms with van der Waals surface area (Å²) >= 11 is 6.20. The molecule has 8 heteroatoms. The molecule has 0 saturated carbocycles. The second kappa shape index (κ2) is 6.54. The van der Waals surface area contributed by atoms with Crippen molar-refractivity contribution in [2.24, 2.45) is 0 Å². The van der Waals surface area contributed by atoms with Gasteiger partial charge in [0.05, 0.1) is 23.1 Å². The van der Waals surface area contributed by atoms with Crippen molar-refractivity contribution in [3.05, 3.63) is 88.3 Å². The minimum Gasteiger partial charge on any atom is -0.310 e. The fourth-order valence-corrected chi connectivity index (χ4v) is 3.47. The largest absolute Gasteiger partial charge is 0.310 e. The van der Waals surface area contributed by atoms with Crippen LogP contribution >= 0.6 is 11.6 Å². The fourth-order valence-electron chi connectivity index (χ4n) is 3.28. The summed E-state index contributed by atoms with van der Waals surface area (Å²) in [5, 5.41) is 5.31. The summed E-state index contributed by atoms with van der Waals surface area (Å²) in [5.74, 6) is 0.423. The van der Waals surface area contributed by atoms with E-state index in [1.54, 1.807) is 39.8 Å². The van der Waals surface area contributed by atoms with Crippen molar-refractivity contribution in [3.8, 4) is 11.3 Å². The van der Waals surface area contributed by atoms with E-state index in [1.165, 1.54) is 6.33 Å². The van der Waals surface area contributed by atoms with Crippen LogP contribution in [0.4, 0.5) is 0 Å². The van der Waals surface area contributed by atoms with E-state index in [2.05, 4.69) is 20.1 Å². The molecule has 28 heavy (non-hydrogen) atoms. The van der Waals surface area contributed by atoms with Crippen molar-refractivity contribution < 1.29 is 0 Å². The molecule has 5 rings (SSSR count). The zero-order valence-electron chi connectivity index (χ0n) is 14.5. The number of rotatable bonds is 3. The van der Waals surface area contributed by atoms with Gasteiger partial charge >= 0.3 is 0 Å². The summed E-state index contributed by atoms with van der Waals surface area (Å²) in [6.45, 7) is 0.410. The van der Waals surface area contributed by atoms with Gasteiger partial charge in [0, 0.05) is 29.2 Å². The number of halogens is 1. The molecule has 4 heterocycles. The van der Waals surface area contributed by atoms with Gasteiger partial charge in [-0.15, -0.1) is 0 Å². The van der Waals surface area contributed by atoms with Crippen molar-refractivity contribution >= 4 is 28.3 Å². The maximum absolute atomic E-state index is 13.4. The molecule has 1 aromatic carbocycles. The van der Waals surface area contributed by atoms with Gasteiger partial charge < -0.3 is 4.57 Å². The van der Waals surface area contributed by atoms with E-state index in [-0.39, 0.29) is 5.56 Å². The Balaban J connectivity index is 1.83. The van der Waals surface area contributed by atoms with Crippen LogP contribution in [0.2, 0.25) is 5.02 Å². The van der Waals surface area contributed by atoms with E-state index in [0.29, 0.717) is 33.9 Å². The monoisotopic (exact) mass is 388 g/mol. The van der Waals surface area contributed by atoms with Crippen LogP contribution in [0.15, 0.2) is 72.2 Å². The number of benzene rings is 1. The fraction of sp³-hybridized carbons (Fsp3) is 0.0500. The Bertz CT molecular complexity index is 1380. The van der Waals surface area contributed by atoms with Crippen LogP contribution in [0.5, 0.6) is 0 Å². The van der Waals surface area contributed by atoms with Crippen LogP contribution in [0.3, 0.4) is 0 Å². The van der Waals surface area contributed by atoms with Gasteiger partial charge in [-0.25, -0.2) is 4.98 Å². The number of pyridine rings is 2.